The lowest BCUT2D eigenvalue weighted by Gasteiger charge is -2.46. The van der Waals surface area contributed by atoms with Gasteiger partial charge in [-0.1, -0.05) is 6.58 Å². The number of esters is 2. The Hall–Kier alpha value is -2.17. The van der Waals surface area contributed by atoms with Crippen molar-refractivity contribution in [3.05, 3.63) is 50.1 Å². The molecule has 14 heteroatoms. The molecule has 0 radical (unpaired) electrons. The highest BCUT2D eigenvalue weighted by Gasteiger charge is 2.58. The lowest BCUT2D eigenvalue weighted by Crippen LogP contribution is -2.61. The van der Waals surface area contributed by atoms with E-state index in [0.717, 1.165) is 3.58 Å². The zero-order valence-corrected chi connectivity index (χ0v) is 25.8. The van der Waals surface area contributed by atoms with Gasteiger partial charge in [-0.25, -0.2) is 4.79 Å². The number of aliphatic hydroxyl groups is 1. The molecule has 3 aliphatic heterocycles. The number of ether oxygens (including phenoxy) is 5. The maximum Gasteiger partial charge on any atom is 0.338 e. The fourth-order valence-electron chi connectivity index (χ4n) is 5.54. The number of alkyl halides is 1. The highest BCUT2D eigenvalue weighted by Crippen LogP contribution is 2.41. The molecule has 3 heterocycles. The second-order valence-electron chi connectivity index (χ2n) is 10.6. The quantitative estimate of drug-likeness (QED) is 0.110. The van der Waals surface area contributed by atoms with Gasteiger partial charge in [-0.2, -0.15) is 0 Å². The number of Topliss-reactive ketones (excluding diaryl/α,β-unsaturated/α-hetero) is 1. The van der Waals surface area contributed by atoms with Gasteiger partial charge in [0.15, 0.2) is 6.10 Å². The van der Waals surface area contributed by atoms with E-state index in [-0.39, 0.29) is 41.7 Å². The predicted molar refractivity (Wildman–Crippen MR) is 156 cm³/mol. The van der Waals surface area contributed by atoms with Crippen molar-refractivity contribution >= 4 is 57.6 Å². The van der Waals surface area contributed by atoms with Gasteiger partial charge in [-0.3, -0.25) is 19.7 Å². The van der Waals surface area contributed by atoms with E-state index in [9.17, 15) is 29.6 Å². The first kappa shape index (κ1) is 32.7. The summed E-state index contributed by atoms with van der Waals surface area (Å²) in [6.07, 6.45) is -4.83. The highest BCUT2D eigenvalue weighted by atomic mass is 127. The minimum absolute atomic E-state index is 0.0282. The molecule has 12 nitrogen and oxygen atoms in total. The Morgan fingerprint density at radius 3 is 2.50 bits per heavy atom. The van der Waals surface area contributed by atoms with Crippen LogP contribution in [0.5, 0.6) is 0 Å². The summed E-state index contributed by atoms with van der Waals surface area (Å²) in [6.45, 7) is 3.83. The average Bonchev–Trinajstić information content (AvgIpc) is 3.28. The van der Waals surface area contributed by atoms with Gasteiger partial charge >= 0.3 is 11.9 Å². The van der Waals surface area contributed by atoms with Crippen LogP contribution < -0.4 is 0 Å². The number of methoxy groups -OCH3 is 1. The number of nitro groups is 1. The molecular formula is C28H33ClINO11. The summed E-state index contributed by atoms with van der Waals surface area (Å²) in [6, 6.07) is 4.93. The molecule has 1 unspecified atom stereocenters. The van der Waals surface area contributed by atoms with Crippen LogP contribution in [0.4, 0.5) is 5.69 Å². The van der Waals surface area contributed by atoms with Crippen molar-refractivity contribution in [3.63, 3.8) is 0 Å². The van der Waals surface area contributed by atoms with Crippen LogP contribution in [0.2, 0.25) is 0 Å². The number of non-ortho nitro benzene ring substituents is 1. The number of benzene rings is 1. The van der Waals surface area contributed by atoms with Crippen LogP contribution in [0.3, 0.4) is 0 Å². The average molecular weight is 722 g/mol. The Labute approximate surface area is 261 Å². The molecule has 1 aromatic rings. The first-order chi connectivity index (χ1) is 20.0. The van der Waals surface area contributed by atoms with Crippen LogP contribution in [-0.4, -0.2) is 89.1 Å². The van der Waals surface area contributed by atoms with Crippen LogP contribution in [0.15, 0.2) is 34.4 Å². The maximum atomic E-state index is 13.1. The monoisotopic (exact) mass is 721 g/mol. The third kappa shape index (κ3) is 8.05. The predicted octanol–water partition coefficient (Wildman–Crippen LogP) is 3.81. The SMILES string of the molecule is C=C(I)C[C@H](Cl)CCC(=O)C[C@H]1O[C@@H]2C(O[C@H]3CC[C@H](CC(=O)OC)O[C@@H]3[C@@H]2O)[C@H]1OC(=O)c1ccc([N+](=O)[O-])cc1. The maximum absolute atomic E-state index is 13.1. The molecule has 3 aliphatic rings. The number of hydrogen-bond acceptors (Lipinski definition) is 11. The summed E-state index contributed by atoms with van der Waals surface area (Å²) < 4.78 is 29.8. The van der Waals surface area contributed by atoms with E-state index in [0.29, 0.717) is 25.7 Å². The fraction of sp³-hybridized carbons (Fsp3) is 0.607. The number of nitrogens with zero attached hydrogens (tertiary/aromatic N) is 1. The minimum atomic E-state index is -1.18. The summed E-state index contributed by atoms with van der Waals surface area (Å²) in [7, 11) is 1.29. The topological polar surface area (TPSA) is 161 Å². The van der Waals surface area contributed by atoms with Crippen molar-refractivity contribution in [1.29, 1.82) is 0 Å². The van der Waals surface area contributed by atoms with Crippen molar-refractivity contribution in [2.24, 2.45) is 0 Å². The molecule has 4 rings (SSSR count). The number of hydrogen-bond donors (Lipinski definition) is 1. The van der Waals surface area contributed by atoms with Gasteiger partial charge in [0, 0.05) is 30.4 Å². The molecular weight excluding hydrogens is 689 g/mol. The van der Waals surface area contributed by atoms with Crippen LogP contribution in [-0.2, 0) is 33.3 Å². The summed E-state index contributed by atoms with van der Waals surface area (Å²) in [5.74, 6) is -1.38. The van der Waals surface area contributed by atoms with Crippen molar-refractivity contribution in [2.45, 2.75) is 99.2 Å². The molecule has 3 fully saturated rings. The van der Waals surface area contributed by atoms with Crippen LogP contribution in [0, 0.1) is 10.1 Å². The summed E-state index contributed by atoms with van der Waals surface area (Å²) in [5, 5.41) is 22.0. The zero-order valence-electron chi connectivity index (χ0n) is 22.9. The summed E-state index contributed by atoms with van der Waals surface area (Å²) in [5.41, 5.74) is -0.116. The van der Waals surface area contributed by atoms with Crippen molar-refractivity contribution < 1.29 is 48.1 Å². The first-order valence-corrected chi connectivity index (χ1v) is 15.1. The summed E-state index contributed by atoms with van der Waals surface area (Å²) in [4.78, 5) is 48.2. The molecule has 1 aromatic carbocycles. The molecule has 0 bridgehead atoms. The van der Waals surface area contributed by atoms with Gasteiger partial charge in [-0.15, -0.1) is 11.6 Å². The van der Waals surface area contributed by atoms with Gasteiger partial charge in [0.1, 0.15) is 36.3 Å². The van der Waals surface area contributed by atoms with Crippen LogP contribution in [0.1, 0.15) is 55.3 Å². The van der Waals surface area contributed by atoms with Crippen LogP contribution in [0.25, 0.3) is 0 Å². The molecule has 0 spiro atoms. The van der Waals surface area contributed by atoms with Gasteiger partial charge < -0.3 is 28.8 Å². The molecule has 1 N–H and O–H groups in total. The van der Waals surface area contributed by atoms with E-state index < -0.39 is 65.7 Å². The number of carbonyl (C=O) groups is 3. The zero-order chi connectivity index (χ0) is 30.6. The smallest absolute Gasteiger partial charge is 0.338 e. The normalized spacial score (nSPS) is 30.9. The number of nitro benzene ring substituents is 1. The van der Waals surface area contributed by atoms with Gasteiger partial charge in [-0.05, 0) is 64.0 Å². The molecule has 3 saturated heterocycles. The van der Waals surface area contributed by atoms with Crippen molar-refractivity contribution in [2.75, 3.05) is 7.11 Å². The molecule has 0 aromatic heterocycles. The Morgan fingerprint density at radius 2 is 1.86 bits per heavy atom. The Morgan fingerprint density at radius 1 is 1.14 bits per heavy atom. The van der Waals surface area contributed by atoms with E-state index in [1.165, 1.54) is 31.4 Å². The van der Waals surface area contributed by atoms with Crippen LogP contribution >= 0.6 is 34.2 Å². The second-order valence-corrected chi connectivity index (χ2v) is 12.8. The lowest BCUT2D eigenvalue weighted by atomic mass is 9.87. The van der Waals surface area contributed by atoms with Gasteiger partial charge in [0.25, 0.3) is 5.69 Å². The van der Waals surface area contributed by atoms with Crippen molar-refractivity contribution in [1.82, 2.24) is 0 Å². The fourth-order valence-corrected chi connectivity index (χ4v) is 6.62. The van der Waals surface area contributed by atoms with E-state index in [1.54, 1.807) is 0 Å². The van der Waals surface area contributed by atoms with E-state index in [2.05, 4.69) is 29.2 Å². The number of carbonyl (C=O) groups excluding carboxylic acids is 3. The Kier molecular flexibility index (Phi) is 11.3. The van der Waals surface area contributed by atoms with Gasteiger partial charge in [0.2, 0.25) is 0 Å². The number of rotatable bonds is 12. The number of halogens is 2. The molecule has 0 amide bonds. The number of aliphatic hydroxyl groups excluding tert-OH is 1. The Bertz CT molecular complexity index is 1180. The largest absolute Gasteiger partial charge is 0.469 e. The van der Waals surface area contributed by atoms with E-state index in [4.69, 9.17) is 35.3 Å². The first-order valence-electron chi connectivity index (χ1n) is 13.6. The van der Waals surface area contributed by atoms with E-state index >= 15 is 0 Å². The number of allylic oxidation sites excluding steroid dienone is 1. The highest BCUT2D eigenvalue weighted by molar-refractivity contribution is 14.1. The third-order valence-corrected chi connectivity index (χ3v) is 8.44. The standard InChI is InChI=1S/C28H33ClINO11/c1-14(30)11-16(29)5-8-18(32)12-21-25(42-28(35)15-3-6-17(7-4-15)31(36)37)27-26(41-21)23(34)24-20(40-27)10-9-19(39-24)13-22(33)38-2/h3-4,6-7,16,19-21,23-27,34H,1,5,8-13H2,2H3/t16-,19-,20+,21-,23+,24+,25+,26+,27?/m1/s1. The molecule has 0 aliphatic carbocycles. The number of ketones is 1. The minimum Gasteiger partial charge on any atom is -0.469 e. The molecule has 42 heavy (non-hydrogen) atoms. The Balaban J connectivity index is 1.49. The lowest BCUT2D eigenvalue weighted by molar-refractivity contribution is -0.384. The number of fused-ring (bicyclic) bond motifs is 2. The van der Waals surface area contributed by atoms with Crippen molar-refractivity contribution in [3.8, 4) is 0 Å². The van der Waals surface area contributed by atoms with E-state index in [1.807, 2.05) is 0 Å². The third-order valence-electron chi connectivity index (χ3n) is 7.63. The summed E-state index contributed by atoms with van der Waals surface area (Å²) >= 11 is 8.40. The second kappa shape index (κ2) is 14.5. The molecule has 0 saturated carbocycles. The molecule has 9 atom stereocenters. The van der Waals surface area contributed by atoms with Gasteiger partial charge in [0.05, 0.1) is 36.2 Å². The molecule has 230 valence electrons.